The summed E-state index contributed by atoms with van der Waals surface area (Å²) >= 11 is 0. The first-order chi connectivity index (χ1) is 11.9. The van der Waals surface area contributed by atoms with Crippen LogP contribution in [0.4, 0.5) is 0 Å². The molecule has 0 radical (unpaired) electrons. The zero-order valence-corrected chi connectivity index (χ0v) is 14.9. The van der Waals surface area contributed by atoms with Crippen LogP contribution in [-0.4, -0.2) is 35.2 Å². The number of carbonyl (C=O) groups excluding carboxylic acids is 1. The summed E-state index contributed by atoms with van der Waals surface area (Å²) in [7, 11) is 0. The Morgan fingerprint density at radius 3 is 2.76 bits per heavy atom. The van der Waals surface area contributed by atoms with Gasteiger partial charge < -0.3 is 19.8 Å². The first kappa shape index (κ1) is 17.6. The molecule has 1 aliphatic rings. The van der Waals surface area contributed by atoms with Crippen LogP contribution in [0.15, 0.2) is 41.3 Å². The summed E-state index contributed by atoms with van der Waals surface area (Å²) in [6.45, 7) is 7.30. The van der Waals surface area contributed by atoms with Crippen LogP contribution in [0.2, 0.25) is 0 Å². The van der Waals surface area contributed by atoms with Crippen molar-refractivity contribution in [1.82, 2.24) is 15.6 Å². The lowest BCUT2D eigenvalue weighted by molar-refractivity contribution is -0.123. The third-order valence-electron chi connectivity index (χ3n) is 4.06. The van der Waals surface area contributed by atoms with Crippen LogP contribution < -0.4 is 10.6 Å². The quantitative estimate of drug-likeness (QED) is 0.872. The van der Waals surface area contributed by atoms with E-state index < -0.39 is 0 Å². The van der Waals surface area contributed by atoms with E-state index in [4.69, 9.17) is 9.15 Å². The lowest BCUT2D eigenvalue weighted by Gasteiger charge is -2.24. The summed E-state index contributed by atoms with van der Waals surface area (Å²) in [5, 5.41) is 6.22. The Morgan fingerprint density at radius 2 is 2.12 bits per heavy atom. The highest BCUT2D eigenvalue weighted by atomic mass is 16.5. The van der Waals surface area contributed by atoms with Crippen LogP contribution >= 0.6 is 0 Å². The molecule has 2 N–H and O–H groups in total. The summed E-state index contributed by atoms with van der Waals surface area (Å²) in [6.07, 6.45) is 3.87. The Morgan fingerprint density at radius 1 is 1.36 bits per heavy atom. The Hall–Kier alpha value is -2.18. The van der Waals surface area contributed by atoms with Crippen molar-refractivity contribution in [3.63, 3.8) is 0 Å². The monoisotopic (exact) mass is 343 g/mol. The van der Waals surface area contributed by atoms with Gasteiger partial charge in [-0.25, -0.2) is 4.98 Å². The molecule has 0 bridgehead atoms. The Balaban J connectivity index is 1.48. The van der Waals surface area contributed by atoms with Crippen LogP contribution in [0.3, 0.4) is 0 Å². The van der Waals surface area contributed by atoms with E-state index in [1.54, 1.807) is 6.20 Å². The van der Waals surface area contributed by atoms with Gasteiger partial charge in [0.15, 0.2) is 12.2 Å². The highest BCUT2D eigenvalue weighted by Gasteiger charge is 2.32. The van der Waals surface area contributed by atoms with Crippen LogP contribution in [-0.2, 0) is 16.1 Å². The fourth-order valence-corrected chi connectivity index (χ4v) is 2.95. The molecular formula is C19H25N3O3. The minimum absolute atomic E-state index is 0.0133. The number of ether oxygens (including phenoxy) is 1. The first-order valence-electron chi connectivity index (χ1n) is 8.57. The standard InChI is InChI=1S/C19H25N3O3/c1-19(2,3)25-15-8-16(21-10-15)18(23)22-9-13-4-6-14(7-5-13)17-11-20-12-24-17/h4-7,11-12,15-16,21H,8-10H2,1-3H3,(H,22,23). The normalized spacial score (nSPS) is 20.6. The average molecular weight is 343 g/mol. The molecule has 1 aromatic heterocycles. The molecule has 134 valence electrons. The van der Waals surface area contributed by atoms with Gasteiger partial charge in [0.25, 0.3) is 0 Å². The van der Waals surface area contributed by atoms with Gasteiger partial charge in [-0.3, -0.25) is 4.79 Å². The Labute approximate surface area is 148 Å². The van der Waals surface area contributed by atoms with Gasteiger partial charge in [-0.2, -0.15) is 0 Å². The number of hydrogen-bond acceptors (Lipinski definition) is 5. The average Bonchev–Trinajstić information content (AvgIpc) is 3.23. The molecule has 0 saturated carbocycles. The molecule has 2 atom stereocenters. The number of oxazole rings is 1. The highest BCUT2D eigenvalue weighted by Crippen LogP contribution is 2.20. The third kappa shape index (κ3) is 4.90. The van der Waals surface area contributed by atoms with Crippen molar-refractivity contribution in [2.24, 2.45) is 0 Å². The van der Waals surface area contributed by atoms with Crippen LogP contribution in [0.5, 0.6) is 0 Å². The van der Waals surface area contributed by atoms with Gasteiger partial charge in [-0.1, -0.05) is 24.3 Å². The molecule has 0 spiro atoms. The fourth-order valence-electron chi connectivity index (χ4n) is 2.95. The van der Waals surface area contributed by atoms with Gasteiger partial charge in [-0.05, 0) is 32.8 Å². The van der Waals surface area contributed by atoms with Gasteiger partial charge in [0.05, 0.1) is 23.9 Å². The second-order valence-corrected chi connectivity index (χ2v) is 7.33. The zero-order chi connectivity index (χ0) is 17.9. The second-order valence-electron chi connectivity index (χ2n) is 7.33. The smallest absolute Gasteiger partial charge is 0.237 e. The van der Waals surface area contributed by atoms with E-state index >= 15 is 0 Å². The molecule has 2 heterocycles. The molecule has 3 rings (SSSR count). The summed E-state index contributed by atoms with van der Waals surface area (Å²) in [4.78, 5) is 16.2. The van der Waals surface area contributed by atoms with Crippen molar-refractivity contribution < 1.29 is 13.9 Å². The van der Waals surface area contributed by atoms with Crippen LogP contribution in [0.25, 0.3) is 11.3 Å². The SMILES string of the molecule is CC(C)(C)OC1CNC(C(=O)NCc2ccc(-c3cnco3)cc2)C1. The van der Waals surface area contributed by atoms with E-state index in [-0.39, 0.29) is 23.7 Å². The lowest BCUT2D eigenvalue weighted by atomic mass is 10.1. The number of nitrogens with zero attached hydrogens (tertiary/aromatic N) is 1. The third-order valence-corrected chi connectivity index (χ3v) is 4.06. The summed E-state index contributed by atoms with van der Waals surface area (Å²) in [5.74, 6) is 0.745. The van der Waals surface area contributed by atoms with Crippen molar-refractivity contribution >= 4 is 5.91 Å². The number of rotatable bonds is 5. The Bertz CT molecular complexity index is 690. The van der Waals surface area contributed by atoms with E-state index in [1.165, 1.54) is 6.39 Å². The molecule has 25 heavy (non-hydrogen) atoms. The minimum Gasteiger partial charge on any atom is -0.444 e. The van der Waals surface area contributed by atoms with E-state index in [1.807, 2.05) is 45.0 Å². The predicted octanol–water partition coefficient (Wildman–Crippen LogP) is 2.50. The largest absolute Gasteiger partial charge is 0.444 e. The van der Waals surface area contributed by atoms with Crippen molar-refractivity contribution in [3.8, 4) is 11.3 Å². The molecule has 2 aromatic rings. The van der Waals surface area contributed by atoms with Crippen molar-refractivity contribution in [3.05, 3.63) is 42.4 Å². The molecule has 0 aliphatic carbocycles. The molecule has 1 fully saturated rings. The maximum absolute atomic E-state index is 12.3. The van der Waals surface area contributed by atoms with Crippen molar-refractivity contribution in [1.29, 1.82) is 0 Å². The fraction of sp³-hybridized carbons (Fsp3) is 0.474. The van der Waals surface area contributed by atoms with Gasteiger partial charge in [0.1, 0.15) is 0 Å². The molecular weight excluding hydrogens is 318 g/mol. The number of nitrogens with one attached hydrogen (secondary N) is 2. The van der Waals surface area contributed by atoms with Crippen LogP contribution in [0, 0.1) is 0 Å². The molecule has 1 saturated heterocycles. The van der Waals surface area contributed by atoms with E-state index in [0.29, 0.717) is 19.5 Å². The molecule has 2 unspecified atom stereocenters. The van der Waals surface area contributed by atoms with Gasteiger partial charge in [0.2, 0.25) is 5.91 Å². The summed E-state index contributed by atoms with van der Waals surface area (Å²) in [6, 6.07) is 7.68. The molecule has 6 nitrogen and oxygen atoms in total. The topological polar surface area (TPSA) is 76.4 Å². The number of aromatic nitrogens is 1. The van der Waals surface area contributed by atoms with Crippen molar-refractivity contribution in [2.45, 2.75) is 51.5 Å². The zero-order valence-electron chi connectivity index (χ0n) is 14.9. The summed E-state index contributed by atoms with van der Waals surface area (Å²) in [5.41, 5.74) is 1.81. The molecule has 6 heteroatoms. The maximum Gasteiger partial charge on any atom is 0.237 e. The van der Waals surface area contributed by atoms with Gasteiger partial charge in [-0.15, -0.1) is 0 Å². The second kappa shape index (κ2) is 7.37. The molecule has 1 amide bonds. The van der Waals surface area contributed by atoms with E-state index in [2.05, 4.69) is 15.6 Å². The first-order valence-corrected chi connectivity index (χ1v) is 8.57. The van der Waals surface area contributed by atoms with Gasteiger partial charge >= 0.3 is 0 Å². The molecule has 1 aromatic carbocycles. The van der Waals surface area contributed by atoms with Crippen LogP contribution in [0.1, 0.15) is 32.8 Å². The number of benzene rings is 1. The van der Waals surface area contributed by atoms with E-state index in [0.717, 1.165) is 16.9 Å². The maximum atomic E-state index is 12.3. The minimum atomic E-state index is -0.194. The highest BCUT2D eigenvalue weighted by molar-refractivity contribution is 5.82. The van der Waals surface area contributed by atoms with Gasteiger partial charge in [0, 0.05) is 18.7 Å². The molecule has 1 aliphatic heterocycles. The number of amides is 1. The number of carbonyl (C=O) groups is 1. The Kier molecular flexibility index (Phi) is 5.20. The predicted molar refractivity (Wildman–Crippen MR) is 94.8 cm³/mol. The van der Waals surface area contributed by atoms with Crippen molar-refractivity contribution in [2.75, 3.05) is 6.54 Å². The number of hydrogen-bond donors (Lipinski definition) is 2. The lowest BCUT2D eigenvalue weighted by Crippen LogP contribution is -2.40. The summed E-state index contributed by atoms with van der Waals surface area (Å²) < 4.78 is 11.2. The van der Waals surface area contributed by atoms with E-state index in [9.17, 15) is 4.79 Å².